The zero-order valence-corrected chi connectivity index (χ0v) is 16.1. The normalized spacial score (nSPS) is 13.4. The Balaban J connectivity index is 5.21. The summed E-state index contributed by atoms with van der Waals surface area (Å²) in [4.78, 5) is 5.49. The topological polar surface area (TPSA) is 6.48 Å². The highest BCUT2D eigenvalue weighted by Crippen LogP contribution is 2.17. The van der Waals surface area contributed by atoms with Crippen LogP contribution in [0.15, 0.2) is 11.8 Å². The molecule has 0 aliphatic heterocycles. The molecule has 120 valence electrons. The van der Waals surface area contributed by atoms with Crippen molar-refractivity contribution in [2.75, 3.05) is 26.2 Å². The third kappa shape index (κ3) is 6.55. The summed E-state index contributed by atoms with van der Waals surface area (Å²) >= 11 is 0. The molecule has 0 aliphatic carbocycles. The first-order valence-electron chi connectivity index (χ1n) is 8.66. The summed E-state index contributed by atoms with van der Waals surface area (Å²) in [6.45, 7) is 23.2. The third-order valence-electron chi connectivity index (χ3n) is 4.02. The molecular weight excluding hydrogens is 260 g/mol. The van der Waals surface area contributed by atoms with Gasteiger partial charge in [-0.25, -0.2) is 0 Å². The fourth-order valence-corrected chi connectivity index (χ4v) is 5.39. The van der Waals surface area contributed by atoms with Crippen LogP contribution in [0.5, 0.6) is 0 Å². The van der Waals surface area contributed by atoms with Gasteiger partial charge in [-0.3, -0.25) is 9.80 Å². The quantitative estimate of drug-likeness (QED) is 0.396. The van der Waals surface area contributed by atoms with Gasteiger partial charge in [-0.2, -0.15) is 0 Å². The standard InChI is InChI=1S/C17H38N2Si/c1-8-12-18(13-9-2)17(20(7)16(5)6)19(14-10-3)15-11-4/h17,20H,5,8-15H2,1-4,6-7H3. The second-order valence-corrected chi connectivity index (χ2v) is 9.28. The van der Waals surface area contributed by atoms with Crippen LogP contribution in [0, 0.1) is 0 Å². The lowest BCUT2D eigenvalue weighted by Gasteiger charge is -2.43. The molecule has 0 rings (SSSR count). The Morgan fingerprint density at radius 2 is 1.15 bits per heavy atom. The minimum absolute atomic E-state index is 0.660. The van der Waals surface area contributed by atoms with E-state index < -0.39 is 8.80 Å². The van der Waals surface area contributed by atoms with Gasteiger partial charge in [-0.1, -0.05) is 39.4 Å². The van der Waals surface area contributed by atoms with Crippen LogP contribution < -0.4 is 0 Å². The van der Waals surface area contributed by atoms with Crippen LogP contribution in [0.3, 0.4) is 0 Å². The molecule has 0 fully saturated rings. The highest BCUT2D eigenvalue weighted by Gasteiger charge is 2.29. The Kier molecular flexibility index (Phi) is 11.5. The molecule has 0 radical (unpaired) electrons. The Morgan fingerprint density at radius 1 is 0.850 bits per heavy atom. The molecule has 2 nitrogen and oxygen atoms in total. The Labute approximate surface area is 129 Å². The SMILES string of the molecule is C=C(C)[SiH](C)C(N(CCC)CCC)N(CCC)CCC. The largest absolute Gasteiger partial charge is 0.291 e. The van der Waals surface area contributed by atoms with Gasteiger partial charge in [-0.15, -0.1) is 6.58 Å². The zero-order valence-electron chi connectivity index (χ0n) is 14.9. The van der Waals surface area contributed by atoms with E-state index in [0.717, 1.165) is 0 Å². The van der Waals surface area contributed by atoms with Crippen LogP contribution in [0.2, 0.25) is 6.55 Å². The molecule has 0 saturated heterocycles. The van der Waals surface area contributed by atoms with Crippen LogP contribution in [0.1, 0.15) is 60.3 Å². The van der Waals surface area contributed by atoms with Gasteiger partial charge in [0.1, 0.15) is 0 Å². The van der Waals surface area contributed by atoms with Gasteiger partial charge in [0.05, 0.1) is 14.6 Å². The summed E-state index contributed by atoms with van der Waals surface area (Å²) in [6, 6.07) is 0. The fourth-order valence-electron chi connectivity index (χ4n) is 3.02. The van der Waals surface area contributed by atoms with Crippen molar-refractivity contribution < 1.29 is 0 Å². The fraction of sp³-hybridized carbons (Fsp3) is 0.882. The van der Waals surface area contributed by atoms with Crippen molar-refractivity contribution in [3.05, 3.63) is 11.8 Å². The van der Waals surface area contributed by atoms with Gasteiger partial charge >= 0.3 is 0 Å². The average Bonchev–Trinajstić information content (AvgIpc) is 2.39. The summed E-state index contributed by atoms with van der Waals surface area (Å²) in [6.07, 6.45) is 5.00. The van der Waals surface area contributed by atoms with Gasteiger partial charge < -0.3 is 0 Å². The maximum Gasteiger partial charge on any atom is 0.0983 e. The summed E-state index contributed by atoms with van der Waals surface area (Å²) in [5.41, 5.74) is 0. The number of rotatable bonds is 12. The van der Waals surface area contributed by atoms with Crippen LogP contribution in [0.4, 0.5) is 0 Å². The average molecular weight is 299 g/mol. The Morgan fingerprint density at radius 3 is 1.35 bits per heavy atom. The smallest absolute Gasteiger partial charge is 0.0983 e. The number of nitrogens with zero attached hydrogens (tertiary/aromatic N) is 2. The van der Waals surface area contributed by atoms with Crippen molar-refractivity contribution in [1.29, 1.82) is 0 Å². The van der Waals surface area contributed by atoms with Gasteiger partial charge in [0.25, 0.3) is 0 Å². The molecule has 0 amide bonds. The lowest BCUT2D eigenvalue weighted by molar-refractivity contribution is 0.0932. The molecule has 1 atom stereocenters. The van der Waals surface area contributed by atoms with Crippen LogP contribution in [-0.2, 0) is 0 Å². The molecular formula is C17H38N2Si. The second kappa shape index (κ2) is 11.5. The monoisotopic (exact) mass is 298 g/mol. The minimum Gasteiger partial charge on any atom is -0.291 e. The number of hydrogen-bond donors (Lipinski definition) is 0. The first-order valence-corrected chi connectivity index (χ1v) is 11.1. The highest BCUT2D eigenvalue weighted by molar-refractivity contribution is 6.66. The predicted octanol–water partition coefficient (Wildman–Crippen LogP) is 4.07. The summed E-state index contributed by atoms with van der Waals surface area (Å²) in [5.74, 6) is 0.660. The third-order valence-corrected chi connectivity index (χ3v) is 7.31. The van der Waals surface area contributed by atoms with E-state index in [1.165, 1.54) is 57.1 Å². The van der Waals surface area contributed by atoms with Crippen molar-refractivity contribution in [1.82, 2.24) is 9.80 Å². The van der Waals surface area contributed by atoms with E-state index in [4.69, 9.17) is 0 Å². The van der Waals surface area contributed by atoms with Gasteiger partial charge in [0, 0.05) is 0 Å². The van der Waals surface area contributed by atoms with Gasteiger partial charge in [0.2, 0.25) is 0 Å². The zero-order chi connectivity index (χ0) is 15.5. The molecule has 1 unspecified atom stereocenters. The molecule has 0 bridgehead atoms. The van der Waals surface area contributed by atoms with Crippen LogP contribution >= 0.6 is 0 Å². The predicted molar refractivity (Wildman–Crippen MR) is 95.9 cm³/mol. The van der Waals surface area contributed by atoms with E-state index in [1.54, 1.807) is 0 Å². The van der Waals surface area contributed by atoms with E-state index in [0.29, 0.717) is 5.79 Å². The van der Waals surface area contributed by atoms with Crippen molar-refractivity contribution in [2.45, 2.75) is 72.6 Å². The lowest BCUT2D eigenvalue weighted by atomic mass is 10.3. The molecule has 0 aromatic heterocycles. The van der Waals surface area contributed by atoms with Crippen molar-refractivity contribution in [3.63, 3.8) is 0 Å². The van der Waals surface area contributed by atoms with E-state index in [2.05, 4.69) is 57.5 Å². The molecule has 0 heterocycles. The second-order valence-electron chi connectivity index (χ2n) is 6.12. The molecule has 0 N–H and O–H groups in total. The maximum absolute atomic E-state index is 4.29. The maximum atomic E-state index is 4.29. The van der Waals surface area contributed by atoms with Gasteiger partial charge in [0.15, 0.2) is 0 Å². The molecule has 3 heteroatoms. The first kappa shape index (κ1) is 19.9. The molecule has 0 aliphatic rings. The molecule has 0 saturated carbocycles. The van der Waals surface area contributed by atoms with E-state index in [1.807, 2.05) is 0 Å². The van der Waals surface area contributed by atoms with E-state index in [-0.39, 0.29) is 0 Å². The van der Waals surface area contributed by atoms with Crippen molar-refractivity contribution in [2.24, 2.45) is 0 Å². The number of hydrogen-bond acceptors (Lipinski definition) is 2. The van der Waals surface area contributed by atoms with E-state index >= 15 is 0 Å². The first-order chi connectivity index (χ1) is 9.53. The Bertz CT molecular complexity index is 227. The molecule has 20 heavy (non-hydrogen) atoms. The lowest BCUT2D eigenvalue weighted by Crippen LogP contribution is -2.57. The van der Waals surface area contributed by atoms with E-state index in [9.17, 15) is 0 Å². The van der Waals surface area contributed by atoms with Crippen LogP contribution in [-0.4, -0.2) is 50.6 Å². The van der Waals surface area contributed by atoms with Crippen LogP contribution in [0.25, 0.3) is 0 Å². The summed E-state index contributed by atoms with van der Waals surface area (Å²) in [5, 5.41) is 1.45. The number of allylic oxidation sites excluding steroid dienone is 1. The molecule has 0 aromatic carbocycles. The van der Waals surface area contributed by atoms with Crippen molar-refractivity contribution in [3.8, 4) is 0 Å². The summed E-state index contributed by atoms with van der Waals surface area (Å²) < 4.78 is 0. The molecule has 0 aromatic rings. The highest BCUT2D eigenvalue weighted by atomic mass is 28.3. The Hall–Kier alpha value is -0.123. The summed E-state index contributed by atoms with van der Waals surface area (Å²) in [7, 11) is -0.975. The van der Waals surface area contributed by atoms with Crippen molar-refractivity contribution >= 4 is 8.80 Å². The minimum atomic E-state index is -0.975. The molecule has 0 spiro atoms. The van der Waals surface area contributed by atoms with Gasteiger partial charge in [-0.05, 0) is 58.8 Å².